The first-order chi connectivity index (χ1) is 13.2. The molecule has 2 amide bonds. The van der Waals surface area contributed by atoms with Crippen molar-refractivity contribution in [3.63, 3.8) is 0 Å². The van der Waals surface area contributed by atoms with Gasteiger partial charge in [-0.3, -0.25) is 14.6 Å². The number of aromatic nitrogens is 2. The molecule has 0 fully saturated rings. The van der Waals surface area contributed by atoms with E-state index in [0.717, 1.165) is 0 Å². The molecule has 1 aromatic heterocycles. The Morgan fingerprint density at radius 1 is 1.00 bits per heavy atom. The van der Waals surface area contributed by atoms with Gasteiger partial charge in [-0.2, -0.15) is 0 Å². The molecule has 1 heterocycles. The summed E-state index contributed by atoms with van der Waals surface area (Å²) in [5.74, 6) is -0.172. The Morgan fingerprint density at radius 3 is 2.37 bits per heavy atom. The molecule has 1 atom stereocenters. The average Bonchev–Trinajstić information content (AvgIpc) is 2.73. The zero-order valence-electron chi connectivity index (χ0n) is 14.6. The highest BCUT2D eigenvalue weighted by atomic mass is 16.5. The van der Waals surface area contributed by atoms with Gasteiger partial charge >= 0.3 is 0 Å². The number of nitrogens with one attached hydrogen (secondary N) is 2. The second-order valence-corrected chi connectivity index (χ2v) is 5.63. The maximum absolute atomic E-state index is 12.8. The molecule has 0 radical (unpaired) electrons. The predicted octanol–water partition coefficient (Wildman–Crippen LogP) is 2.60. The van der Waals surface area contributed by atoms with Gasteiger partial charge in [-0.05, 0) is 29.8 Å². The van der Waals surface area contributed by atoms with E-state index >= 15 is 0 Å². The van der Waals surface area contributed by atoms with E-state index in [9.17, 15) is 9.59 Å². The number of rotatable bonds is 6. The number of anilines is 1. The van der Waals surface area contributed by atoms with Gasteiger partial charge in [-0.1, -0.05) is 30.3 Å². The summed E-state index contributed by atoms with van der Waals surface area (Å²) in [5, 5.41) is 5.52. The summed E-state index contributed by atoms with van der Waals surface area (Å²) in [6.45, 7) is 0. The van der Waals surface area contributed by atoms with Crippen molar-refractivity contribution in [2.24, 2.45) is 0 Å². The van der Waals surface area contributed by atoms with Gasteiger partial charge in [0.2, 0.25) is 0 Å². The fourth-order valence-electron chi connectivity index (χ4n) is 2.46. The minimum atomic E-state index is -0.886. The molecule has 0 aliphatic carbocycles. The Bertz CT molecular complexity index is 900. The SMILES string of the molecule is COc1ccc(NC(=O)[C@@H](NC(=O)c2cnccn2)c2ccccc2)cc1. The topological polar surface area (TPSA) is 93.2 Å². The van der Waals surface area contributed by atoms with Gasteiger partial charge in [0.25, 0.3) is 11.8 Å². The normalized spacial score (nSPS) is 11.3. The number of carbonyl (C=O) groups excluding carboxylic acids is 2. The molecule has 0 aliphatic heterocycles. The summed E-state index contributed by atoms with van der Waals surface area (Å²) in [5.41, 5.74) is 1.38. The molecule has 0 unspecified atom stereocenters. The van der Waals surface area contributed by atoms with E-state index in [1.807, 2.05) is 6.07 Å². The molecule has 3 rings (SSSR count). The minimum absolute atomic E-state index is 0.135. The highest BCUT2D eigenvalue weighted by molar-refractivity contribution is 6.00. The molecule has 136 valence electrons. The van der Waals surface area contributed by atoms with E-state index < -0.39 is 11.9 Å². The summed E-state index contributed by atoms with van der Waals surface area (Å²) in [6, 6.07) is 15.0. The second-order valence-electron chi connectivity index (χ2n) is 5.63. The largest absolute Gasteiger partial charge is 0.497 e. The molecule has 0 bridgehead atoms. The molecule has 7 heteroatoms. The smallest absolute Gasteiger partial charge is 0.272 e. The second kappa shape index (κ2) is 8.57. The van der Waals surface area contributed by atoms with Crippen LogP contribution < -0.4 is 15.4 Å². The number of hydrogen-bond acceptors (Lipinski definition) is 5. The number of methoxy groups -OCH3 is 1. The number of nitrogens with zero attached hydrogens (tertiary/aromatic N) is 2. The summed E-state index contributed by atoms with van der Waals surface area (Å²) < 4.78 is 5.11. The maximum atomic E-state index is 12.8. The van der Waals surface area contributed by atoms with Crippen molar-refractivity contribution in [3.8, 4) is 5.75 Å². The van der Waals surface area contributed by atoms with Gasteiger partial charge in [0.15, 0.2) is 0 Å². The average molecular weight is 362 g/mol. The van der Waals surface area contributed by atoms with Crippen molar-refractivity contribution < 1.29 is 14.3 Å². The van der Waals surface area contributed by atoms with Crippen LogP contribution >= 0.6 is 0 Å². The molecule has 2 N–H and O–H groups in total. The molecular formula is C20H18N4O3. The predicted molar refractivity (Wildman–Crippen MR) is 100 cm³/mol. The molecular weight excluding hydrogens is 344 g/mol. The Balaban J connectivity index is 1.81. The third-order valence-corrected chi connectivity index (χ3v) is 3.82. The summed E-state index contributed by atoms with van der Waals surface area (Å²) in [4.78, 5) is 33.1. The van der Waals surface area contributed by atoms with Crippen LogP contribution in [0.5, 0.6) is 5.75 Å². The summed E-state index contributed by atoms with van der Waals surface area (Å²) in [7, 11) is 1.57. The van der Waals surface area contributed by atoms with Crippen LogP contribution in [0.3, 0.4) is 0 Å². The Labute approximate surface area is 156 Å². The van der Waals surface area contributed by atoms with Crippen LogP contribution in [-0.2, 0) is 4.79 Å². The quantitative estimate of drug-likeness (QED) is 0.703. The van der Waals surface area contributed by atoms with Crippen molar-refractivity contribution in [3.05, 3.63) is 84.4 Å². The summed E-state index contributed by atoms with van der Waals surface area (Å²) >= 11 is 0. The highest BCUT2D eigenvalue weighted by Crippen LogP contribution is 2.19. The van der Waals surface area contributed by atoms with Gasteiger partial charge < -0.3 is 15.4 Å². The molecule has 7 nitrogen and oxygen atoms in total. The monoisotopic (exact) mass is 362 g/mol. The van der Waals surface area contributed by atoms with Crippen LogP contribution in [0.1, 0.15) is 22.1 Å². The van der Waals surface area contributed by atoms with Crippen molar-refractivity contribution in [2.45, 2.75) is 6.04 Å². The standard InChI is InChI=1S/C20H18N4O3/c1-27-16-9-7-15(8-10-16)23-20(26)18(14-5-3-2-4-6-14)24-19(25)17-13-21-11-12-22-17/h2-13,18H,1H3,(H,23,26)(H,24,25)/t18-/m0/s1. The Hall–Kier alpha value is -3.74. The van der Waals surface area contributed by atoms with Crippen molar-refractivity contribution in [1.82, 2.24) is 15.3 Å². The van der Waals surface area contributed by atoms with Crippen molar-refractivity contribution >= 4 is 17.5 Å². The lowest BCUT2D eigenvalue weighted by Gasteiger charge is -2.19. The Kier molecular flexibility index (Phi) is 5.73. The van der Waals surface area contributed by atoms with Gasteiger partial charge in [0.1, 0.15) is 17.5 Å². The van der Waals surface area contributed by atoms with Crippen LogP contribution in [0.4, 0.5) is 5.69 Å². The van der Waals surface area contributed by atoms with Crippen LogP contribution in [0, 0.1) is 0 Å². The lowest BCUT2D eigenvalue weighted by Crippen LogP contribution is -2.37. The maximum Gasteiger partial charge on any atom is 0.272 e. The van der Waals surface area contributed by atoms with Crippen LogP contribution in [0.15, 0.2) is 73.2 Å². The van der Waals surface area contributed by atoms with Crippen molar-refractivity contribution in [1.29, 1.82) is 0 Å². The van der Waals surface area contributed by atoms with E-state index in [1.165, 1.54) is 18.6 Å². The van der Waals surface area contributed by atoms with Crippen molar-refractivity contribution in [2.75, 3.05) is 12.4 Å². The first-order valence-corrected chi connectivity index (χ1v) is 8.24. The minimum Gasteiger partial charge on any atom is -0.497 e. The Morgan fingerprint density at radius 2 is 1.74 bits per heavy atom. The van der Waals surface area contributed by atoms with Crippen LogP contribution in [0.25, 0.3) is 0 Å². The molecule has 3 aromatic rings. The summed E-state index contributed by atoms with van der Waals surface area (Å²) in [6.07, 6.45) is 4.24. The van der Waals surface area contributed by atoms with E-state index in [4.69, 9.17) is 4.74 Å². The van der Waals surface area contributed by atoms with E-state index in [2.05, 4.69) is 20.6 Å². The number of carbonyl (C=O) groups is 2. The van der Waals surface area contributed by atoms with E-state index in [-0.39, 0.29) is 11.6 Å². The third-order valence-electron chi connectivity index (χ3n) is 3.82. The van der Waals surface area contributed by atoms with Gasteiger partial charge in [-0.15, -0.1) is 0 Å². The first kappa shape index (κ1) is 18.1. The lowest BCUT2D eigenvalue weighted by molar-refractivity contribution is -0.118. The number of benzene rings is 2. The highest BCUT2D eigenvalue weighted by Gasteiger charge is 2.24. The fraction of sp³-hybridized carbons (Fsp3) is 0.100. The van der Waals surface area contributed by atoms with Crippen LogP contribution in [0.2, 0.25) is 0 Å². The van der Waals surface area contributed by atoms with E-state index in [0.29, 0.717) is 17.0 Å². The van der Waals surface area contributed by atoms with Gasteiger partial charge in [0.05, 0.1) is 13.3 Å². The third kappa shape index (κ3) is 4.66. The fourth-order valence-corrected chi connectivity index (χ4v) is 2.46. The van der Waals surface area contributed by atoms with Gasteiger partial charge in [0, 0.05) is 18.1 Å². The zero-order valence-corrected chi connectivity index (χ0v) is 14.6. The number of ether oxygens (including phenoxy) is 1. The lowest BCUT2D eigenvalue weighted by atomic mass is 10.1. The van der Waals surface area contributed by atoms with Crippen LogP contribution in [-0.4, -0.2) is 28.9 Å². The molecule has 0 saturated heterocycles. The van der Waals surface area contributed by atoms with E-state index in [1.54, 1.807) is 55.6 Å². The number of amides is 2. The number of hydrogen-bond donors (Lipinski definition) is 2. The first-order valence-electron chi connectivity index (χ1n) is 8.24. The molecule has 2 aromatic carbocycles. The molecule has 0 saturated carbocycles. The molecule has 0 aliphatic rings. The molecule has 27 heavy (non-hydrogen) atoms. The molecule has 0 spiro atoms. The zero-order chi connectivity index (χ0) is 19.1. The van der Waals surface area contributed by atoms with Gasteiger partial charge in [-0.25, -0.2) is 4.98 Å².